The minimum Gasteiger partial charge on any atom is -0.481 e. The summed E-state index contributed by atoms with van der Waals surface area (Å²) >= 11 is 0. The van der Waals surface area contributed by atoms with Gasteiger partial charge in [0.2, 0.25) is 0 Å². The van der Waals surface area contributed by atoms with Crippen LogP contribution in [0, 0.1) is 6.92 Å². The van der Waals surface area contributed by atoms with E-state index in [9.17, 15) is 4.79 Å². The second-order valence-corrected chi connectivity index (χ2v) is 4.11. The van der Waals surface area contributed by atoms with Crippen molar-refractivity contribution in [1.29, 1.82) is 0 Å². The number of rotatable bonds is 6. The van der Waals surface area contributed by atoms with Crippen LogP contribution in [-0.2, 0) is 11.3 Å². The SMILES string of the molecule is C=CCNC(=O)C(C)Oc1ccc(C)cc1CN. The summed E-state index contributed by atoms with van der Waals surface area (Å²) < 4.78 is 5.62. The molecule has 0 aliphatic rings. The number of benzene rings is 1. The van der Waals surface area contributed by atoms with Crippen LogP contribution >= 0.6 is 0 Å². The van der Waals surface area contributed by atoms with Crippen molar-refractivity contribution in [2.24, 2.45) is 5.73 Å². The molecule has 18 heavy (non-hydrogen) atoms. The Hall–Kier alpha value is -1.81. The van der Waals surface area contributed by atoms with Gasteiger partial charge >= 0.3 is 0 Å². The van der Waals surface area contributed by atoms with E-state index in [1.54, 1.807) is 13.0 Å². The summed E-state index contributed by atoms with van der Waals surface area (Å²) in [5, 5.41) is 2.69. The number of carbonyl (C=O) groups is 1. The van der Waals surface area contributed by atoms with Crippen LogP contribution in [0.2, 0.25) is 0 Å². The third-order valence-corrected chi connectivity index (χ3v) is 2.53. The minimum atomic E-state index is -0.557. The molecule has 1 unspecified atom stereocenters. The molecule has 0 aromatic heterocycles. The van der Waals surface area contributed by atoms with E-state index >= 15 is 0 Å². The van der Waals surface area contributed by atoms with Crippen molar-refractivity contribution in [3.63, 3.8) is 0 Å². The highest BCUT2D eigenvalue weighted by Gasteiger charge is 2.15. The van der Waals surface area contributed by atoms with Gasteiger partial charge in [0.25, 0.3) is 5.91 Å². The van der Waals surface area contributed by atoms with Crippen LogP contribution in [0.3, 0.4) is 0 Å². The molecule has 1 aromatic rings. The van der Waals surface area contributed by atoms with Gasteiger partial charge in [0.15, 0.2) is 6.10 Å². The summed E-state index contributed by atoms with van der Waals surface area (Å²) in [6.07, 6.45) is 1.07. The second kappa shape index (κ2) is 6.81. The molecular formula is C14H20N2O2. The van der Waals surface area contributed by atoms with Crippen molar-refractivity contribution >= 4 is 5.91 Å². The fourth-order valence-electron chi connectivity index (χ4n) is 1.54. The summed E-state index contributed by atoms with van der Waals surface area (Å²) in [4.78, 5) is 11.7. The first-order valence-corrected chi connectivity index (χ1v) is 5.93. The number of hydrogen-bond donors (Lipinski definition) is 2. The lowest BCUT2D eigenvalue weighted by Crippen LogP contribution is -2.36. The molecule has 3 N–H and O–H groups in total. The Morgan fingerprint density at radius 1 is 1.61 bits per heavy atom. The Balaban J connectivity index is 2.71. The minimum absolute atomic E-state index is 0.168. The Kier molecular flexibility index (Phi) is 5.39. The van der Waals surface area contributed by atoms with Gasteiger partial charge < -0.3 is 15.8 Å². The van der Waals surface area contributed by atoms with Crippen molar-refractivity contribution in [2.45, 2.75) is 26.5 Å². The highest BCUT2D eigenvalue weighted by molar-refractivity contribution is 5.80. The molecule has 0 heterocycles. The molecule has 0 aliphatic carbocycles. The van der Waals surface area contributed by atoms with Gasteiger partial charge in [-0.3, -0.25) is 4.79 Å². The summed E-state index contributed by atoms with van der Waals surface area (Å²) in [5.74, 6) is 0.489. The van der Waals surface area contributed by atoms with Crippen molar-refractivity contribution < 1.29 is 9.53 Å². The van der Waals surface area contributed by atoms with Crippen LogP contribution < -0.4 is 15.8 Å². The third-order valence-electron chi connectivity index (χ3n) is 2.53. The maximum atomic E-state index is 11.7. The van der Waals surface area contributed by atoms with Crippen LogP contribution in [0.1, 0.15) is 18.1 Å². The first-order chi connectivity index (χ1) is 8.58. The molecule has 1 aromatic carbocycles. The number of hydrogen-bond acceptors (Lipinski definition) is 3. The van der Waals surface area contributed by atoms with E-state index in [1.807, 2.05) is 25.1 Å². The Labute approximate surface area is 108 Å². The monoisotopic (exact) mass is 248 g/mol. The van der Waals surface area contributed by atoms with Crippen molar-refractivity contribution in [3.8, 4) is 5.75 Å². The van der Waals surface area contributed by atoms with E-state index in [0.717, 1.165) is 11.1 Å². The maximum absolute atomic E-state index is 11.7. The molecule has 0 radical (unpaired) electrons. The van der Waals surface area contributed by atoms with Crippen LogP contribution in [-0.4, -0.2) is 18.6 Å². The summed E-state index contributed by atoms with van der Waals surface area (Å²) in [6.45, 7) is 8.06. The molecule has 0 aliphatic heterocycles. The number of nitrogens with one attached hydrogen (secondary N) is 1. The van der Waals surface area contributed by atoms with Crippen LogP contribution in [0.4, 0.5) is 0 Å². The second-order valence-electron chi connectivity index (χ2n) is 4.11. The van der Waals surface area contributed by atoms with Gasteiger partial charge in [-0.25, -0.2) is 0 Å². The number of ether oxygens (including phenoxy) is 1. The largest absolute Gasteiger partial charge is 0.481 e. The molecule has 0 saturated carbocycles. The van der Waals surface area contributed by atoms with E-state index in [2.05, 4.69) is 11.9 Å². The molecule has 0 saturated heterocycles. The third kappa shape index (κ3) is 3.89. The van der Waals surface area contributed by atoms with Gasteiger partial charge in [0, 0.05) is 18.7 Å². The average Bonchev–Trinajstić information content (AvgIpc) is 2.37. The lowest BCUT2D eigenvalue weighted by Gasteiger charge is -2.16. The standard InChI is InChI=1S/C14H20N2O2/c1-4-7-16-14(17)11(3)18-13-6-5-10(2)8-12(13)9-15/h4-6,8,11H,1,7,9,15H2,2-3H3,(H,16,17). The zero-order chi connectivity index (χ0) is 13.5. The number of amides is 1. The van der Waals surface area contributed by atoms with E-state index in [-0.39, 0.29) is 5.91 Å². The molecule has 1 atom stereocenters. The molecule has 0 bridgehead atoms. The van der Waals surface area contributed by atoms with Gasteiger partial charge in [-0.1, -0.05) is 23.8 Å². The zero-order valence-corrected chi connectivity index (χ0v) is 10.9. The van der Waals surface area contributed by atoms with Gasteiger partial charge in [0.05, 0.1) is 0 Å². The highest BCUT2D eigenvalue weighted by Crippen LogP contribution is 2.20. The quantitative estimate of drug-likeness (QED) is 0.750. The lowest BCUT2D eigenvalue weighted by molar-refractivity contribution is -0.127. The van der Waals surface area contributed by atoms with E-state index in [0.29, 0.717) is 18.8 Å². The van der Waals surface area contributed by atoms with E-state index in [4.69, 9.17) is 10.5 Å². The summed E-state index contributed by atoms with van der Waals surface area (Å²) in [7, 11) is 0. The Bertz CT molecular complexity index is 430. The molecule has 4 heteroatoms. The predicted octanol–water partition coefficient (Wildman–Crippen LogP) is 1.52. The first kappa shape index (κ1) is 14.3. The van der Waals surface area contributed by atoms with E-state index < -0.39 is 6.10 Å². The predicted molar refractivity (Wildman–Crippen MR) is 72.4 cm³/mol. The van der Waals surface area contributed by atoms with Crippen LogP contribution in [0.5, 0.6) is 5.75 Å². The molecule has 0 fully saturated rings. The average molecular weight is 248 g/mol. The maximum Gasteiger partial charge on any atom is 0.261 e. The van der Waals surface area contributed by atoms with Crippen molar-refractivity contribution in [1.82, 2.24) is 5.32 Å². The lowest BCUT2D eigenvalue weighted by atomic mass is 10.1. The Morgan fingerprint density at radius 3 is 2.94 bits per heavy atom. The zero-order valence-electron chi connectivity index (χ0n) is 10.9. The van der Waals surface area contributed by atoms with Gasteiger partial charge in [-0.05, 0) is 19.9 Å². The topological polar surface area (TPSA) is 64.3 Å². The van der Waals surface area contributed by atoms with Crippen molar-refractivity contribution in [3.05, 3.63) is 42.0 Å². The first-order valence-electron chi connectivity index (χ1n) is 5.93. The number of aryl methyl sites for hydroxylation is 1. The molecule has 1 rings (SSSR count). The van der Waals surface area contributed by atoms with Crippen LogP contribution in [0.15, 0.2) is 30.9 Å². The van der Waals surface area contributed by atoms with E-state index in [1.165, 1.54) is 0 Å². The Morgan fingerprint density at radius 2 is 2.33 bits per heavy atom. The normalized spacial score (nSPS) is 11.7. The smallest absolute Gasteiger partial charge is 0.261 e. The summed E-state index contributed by atoms with van der Waals surface area (Å²) in [5.41, 5.74) is 7.68. The van der Waals surface area contributed by atoms with Gasteiger partial charge in [-0.2, -0.15) is 0 Å². The molecular weight excluding hydrogens is 228 g/mol. The molecule has 1 amide bonds. The van der Waals surface area contributed by atoms with Crippen molar-refractivity contribution in [2.75, 3.05) is 6.54 Å². The number of carbonyl (C=O) groups excluding carboxylic acids is 1. The van der Waals surface area contributed by atoms with Gasteiger partial charge in [0.1, 0.15) is 5.75 Å². The number of nitrogens with two attached hydrogens (primary N) is 1. The highest BCUT2D eigenvalue weighted by atomic mass is 16.5. The fraction of sp³-hybridized carbons (Fsp3) is 0.357. The molecule has 4 nitrogen and oxygen atoms in total. The van der Waals surface area contributed by atoms with Gasteiger partial charge in [-0.15, -0.1) is 6.58 Å². The van der Waals surface area contributed by atoms with Crippen LogP contribution in [0.25, 0.3) is 0 Å². The molecule has 0 spiro atoms. The summed E-state index contributed by atoms with van der Waals surface area (Å²) in [6, 6.07) is 5.74. The molecule has 98 valence electrons. The fourth-order valence-corrected chi connectivity index (χ4v) is 1.54.